The standard InChI is InChI=1S/C50H34N2/c1-3-13-33(14-4-1)51(35-25-28-48-42(30-35)39-19-9-12-22-47(39)52(48)34-15-5-2-6-16-34)36-24-26-40-46(31-36)50(45-27-23-32-29-41(32)49(40)45)43-20-10-7-17-37(43)38-18-8-11-21-44(38)50/h1-28,30-32,41H,29H2. The van der Waals surface area contributed by atoms with E-state index in [1.807, 2.05) is 0 Å². The summed E-state index contributed by atoms with van der Waals surface area (Å²) < 4.78 is 2.39. The van der Waals surface area contributed by atoms with Crippen molar-refractivity contribution < 1.29 is 0 Å². The van der Waals surface area contributed by atoms with Gasteiger partial charge in [-0.25, -0.2) is 0 Å². The molecule has 4 aliphatic rings. The molecule has 1 saturated carbocycles. The Labute approximate surface area is 303 Å². The lowest BCUT2D eigenvalue weighted by molar-refractivity contribution is 0.779. The number of benzene rings is 7. The molecule has 52 heavy (non-hydrogen) atoms. The SMILES string of the molecule is C1=CC2CC2C2=C1C1(c3cc(N(c4ccccc4)c4ccc5c(c4)c4ccccc4n5-c4ccccc4)ccc32)c2ccccc2-c2ccccc21. The number of fused-ring (bicyclic) bond motifs is 14. The van der Waals surface area contributed by atoms with Gasteiger partial charge in [0.25, 0.3) is 0 Å². The van der Waals surface area contributed by atoms with Crippen molar-refractivity contribution in [1.82, 2.24) is 4.57 Å². The van der Waals surface area contributed by atoms with E-state index in [-0.39, 0.29) is 5.41 Å². The number of nitrogens with zero attached hydrogens (tertiary/aromatic N) is 2. The van der Waals surface area contributed by atoms with Crippen LogP contribution in [0.5, 0.6) is 0 Å². The normalized spacial score (nSPS) is 18.3. The fourth-order valence-corrected chi connectivity index (χ4v) is 10.1. The summed E-state index contributed by atoms with van der Waals surface area (Å²) in [6.45, 7) is 0. The van der Waals surface area contributed by atoms with E-state index >= 15 is 0 Å². The Morgan fingerprint density at radius 2 is 1.13 bits per heavy atom. The minimum Gasteiger partial charge on any atom is -0.310 e. The fourth-order valence-electron chi connectivity index (χ4n) is 10.1. The van der Waals surface area contributed by atoms with Crippen molar-refractivity contribution >= 4 is 44.4 Å². The van der Waals surface area contributed by atoms with Crippen molar-refractivity contribution in [3.05, 3.63) is 210 Å². The summed E-state index contributed by atoms with van der Waals surface area (Å²) in [7, 11) is 0. The average Bonchev–Trinajstić information content (AvgIpc) is 3.75. The monoisotopic (exact) mass is 662 g/mol. The zero-order valence-corrected chi connectivity index (χ0v) is 28.6. The van der Waals surface area contributed by atoms with Crippen LogP contribution < -0.4 is 4.90 Å². The summed E-state index contributed by atoms with van der Waals surface area (Å²) in [5.41, 5.74) is 18.1. The van der Waals surface area contributed by atoms with Crippen molar-refractivity contribution in [1.29, 1.82) is 0 Å². The van der Waals surface area contributed by atoms with Crippen LogP contribution in [0, 0.1) is 11.8 Å². The summed E-state index contributed by atoms with van der Waals surface area (Å²) in [5.74, 6) is 1.28. The van der Waals surface area contributed by atoms with Gasteiger partial charge < -0.3 is 9.47 Å². The summed E-state index contributed by atoms with van der Waals surface area (Å²) in [5, 5.41) is 2.50. The molecule has 1 heterocycles. The molecule has 12 rings (SSSR count). The second-order valence-corrected chi connectivity index (χ2v) is 14.8. The molecule has 2 unspecified atom stereocenters. The van der Waals surface area contributed by atoms with E-state index in [1.165, 1.54) is 78.6 Å². The molecule has 4 aliphatic carbocycles. The van der Waals surface area contributed by atoms with Crippen LogP contribution >= 0.6 is 0 Å². The largest absolute Gasteiger partial charge is 0.310 e. The predicted molar refractivity (Wildman–Crippen MR) is 215 cm³/mol. The Morgan fingerprint density at radius 1 is 0.500 bits per heavy atom. The van der Waals surface area contributed by atoms with E-state index in [1.54, 1.807) is 5.57 Å². The van der Waals surface area contributed by atoms with Crippen LogP contribution in [0.25, 0.3) is 44.2 Å². The quantitative estimate of drug-likeness (QED) is 0.182. The lowest BCUT2D eigenvalue weighted by atomic mass is 9.69. The van der Waals surface area contributed by atoms with Gasteiger partial charge in [0.1, 0.15) is 0 Å². The van der Waals surface area contributed by atoms with Gasteiger partial charge in [0.05, 0.1) is 16.4 Å². The van der Waals surface area contributed by atoms with Crippen molar-refractivity contribution in [3.8, 4) is 16.8 Å². The highest BCUT2D eigenvalue weighted by Gasteiger charge is 2.57. The van der Waals surface area contributed by atoms with Crippen LogP contribution in [0.1, 0.15) is 28.7 Å². The average molecular weight is 663 g/mol. The second-order valence-electron chi connectivity index (χ2n) is 14.8. The maximum Gasteiger partial charge on any atom is 0.0723 e. The van der Waals surface area contributed by atoms with E-state index in [9.17, 15) is 0 Å². The van der Waals surface area contributed by atoms with E-state index in [0.29, 0.717) is 11.8 Å². The first-order chi connectivity index (χ1) is 25.8. The molecule has 0 amide bonds. The van der Waals surface area contributed by atoms with E-state index < -0.39 is 0 Å². The molecule has 0 aliphatic heterocycles. The van der Waals surface area contributed by atoms with Crippen molar-refractivity contribution in [2.75, 3.05) is 4.90 Å². The zero-order valence-electron chi connectivity index (χ0n) is 28.6. The Bertz CT molecular complexity index is 2790. The first kappa shape index (κ1) is 28.3. The number of hydrogen-bond donors (Lipinski definition) is 0. The third-order valence-corrected chi connectivity index (χ3v) is 12.3. The van der Waals surface area contributed by atoms with E-state index in [0.717, 1.165) is 11.4 Å². The molecular weight excluding hydrogens is 629 g/mol. The van der Waals surface area contributed by atoms with Crippen LogP contribution in [0.2, 0.25) is 0 Å². The van der Waals surface area contributed by atoms with Gasteiger partial charge in [0, 0.05) is 33.5 Å². The molecule has 2 heteroatoms. The van der Waals surface area contributed by atoms with Crippen molar-refractivity contribution in [2.45, 2.75) is 11.8 Å². The molecule has 0 saturated heterocycles. The molecular formula is C50H34N2. The minimum absolute atomic E-state index is 0.340. The molecule has 0 N–H and O–H groups in total. The maximum absolute atomic E-state index is 2.53. The lowest BCUT2D eigenvalue weighted by Crippen LogP contribution is -2.27. The second kappa shape index (κ2) is 10.3. The van der Waals surface area contributed by atoms with Crippen LogP contribution in [-0.2, 0) is 5.41 Å². The molecule has 8 aromatic rings. The number of aromatic nitrogens is 1. The van der Waals surface area contributed by atoms with Gasteiger partial charge in [-0.15, -0.1) is 0 Å². The molecule has 0 radical (unpaired) electrons. The van der Waals surface area contributed by atoms with Gasteiger partial charge in [-0.05, 0) is 123 Å². The molecule has 0 bridgehead atoms. The van der Waals surface area contributed by atoms with Crippen LogP contribution in [0.4, 0.5) is 17.1 Å². The van der Waals surface area contributed by atoms with Gasteiger partial charge in [0.2, 0.25) is 0 Å². The molecule has 7 aromatic carbocycles. The summed E-state index contributed by atoms with van der Waals surface area (Å²) in [4.78, 5) is 2.46. The number of rotatable bonds is 4. The highest BCUT2D eigenvalue weighted by Crippen LogP contribution is 2.68. The minimum atomic E-state index is -0.340. The highest BCUT2D eigenvalue weighted by molar-refractivity contribution is 6.11. The summed E-state index contributed by atoms with van der Waals surface area (Å²) in [6, 6.07) is 63.1. The van der Waals surface area contributed by atoms with Crippen molar-refractivity contribution in [3.63, 3.8) is 0 Å². The third kappa shape index (κ3) is 3.64. The van der Waals surface area contributed by atoms with Gasteiger partial charge in [-0.1, -0.05) is 121 Å². The summed E-state index contributed by atoms with van der Waals surface area (Å²) in [6.07, 6.45) is 6.25. The maximum atomic E-state index is 2.53. The Morgan fingerprint density at radius 3 is 1.92 bits per heavy atom. The fraction of sp³-hybridized carbons (Fsp3) is 0.0800. The topological polar surface area (TPSA) is 8.17 Å². The first-order valence-electron chi connectivity index (χ1n) is 18.5. The molecule has 244 valence electrons. The van der Waals surface area contributed by atoms with E-state index in [2.05, 4.69) is 191 Å². The molecule has 1 aromatic heterocycles. The Kier molecular flexibility index (Phi) is 5.63. The number of allylic oxidation sites excluding steroid dienone is 4. The highest BCUT2D eigenvalue weighted by atomic mass is 15.1. The van der Waals surface area contributed by atoms with Gasteiger partial charge in [0.15, 0.2) is 0 Å². The van der Waals surface area contributed by atoms with Crippen LogP contribution in [-0.4, -0.2) is 4.57 Å². The molecule has 2 nitrogen and oxygen atoms in total. The Balaban J connectivity index is 1.11. The predicted octanol–water partition coefficient (Wildman–Crippen LogP) is 12.5. The number of hydrogen-bond acceptors (Lipinski definition) is 1. The first-order valence-corrected chi connectivity index (χ1v) is 18.5. The number of para-hydroxylation sites is 3. The van der Waals surface area contributed by atoms with E-state index in [4.69, 9.17) is 0 Å². The van der Waals surface area contributed by atoms with Gasteiger partial charge in [-0.2, -0.15) is 0 Å². The molecule has 1 spiro atoms. The number of anilines is 3. The lowest BCUT2D eigenvalue weighted by Gasteiger charge is -2.33. The third-order valence-electron chi connectivity index (χ3n) is 12.3. The van der Waals surface area contributed by atoms with Gasteiger partial charge in [-0.3, -0.25) is 0 Å². The molecule has 1 fully saturated rings. The van der Waals surface area contributed by atoms with Crippen LogP contribution in [0.15, 0.2) is 188 Å². The summed E-state index contributed by atoms with van der Waals surface area (Å²) >= 11 is 0. The van der Waals surface area contributed by atoms with Gasteiger partial charge >= 0.3 is 0 Å². The molecule has 2 atom stereocenters. The zero-order chi connectivity index (χ0) is 34.0. The van der Waals surface area contributed by atoms with Crippen LogP contribution in [0.3, 0.4) is 0 Å². The Hall–Kier alpha value is -6.38. The van der Waals surface area contributed by atoms with Crippen molar-refractivity contribution in [2.24, 2.45) is 11.8 Å². The smallest absolute Gasteiger partial charge is 0.0723 e.